The molecule has 0 aliphatic heterocycles. The lowest BCUT2D eigenvalue weighted by atomic mass is 9.92. The van der Waals surface area contributed by atoms with Crippen molar-refractivity contribution in [1.82, 2.24) is 19.7 Å². The first-order valence-corrected chi connectivity index (χ1v) is 9.75. The van der Waals surface area contributed by atoms with Crippen molar-refractivity contribution in [2.24, 2.45) is 0 Å². The van der Waals surface area contributed by atoms with Crippen molar-refractivity contribution < 1.29 is 13.9 Å². The molecule has 1 heterocycles. The van der Waals surface area contributed by atoms with Crippen molar-refractivity contribution in [3.63, 3.8) is 0 Å². The molecule has 1 N–H and O–H groups in total. The average molecular weight is 421 g/mol. The third-order valence-electron chi connectivity index (χ3n) is 4.70. The Labute approximate surface area is 173 Å². The van der Waals surface area contributed by atoms with Crippen LogP contribution in [0.4, 0.5) is 8.78 Å². The average Bonchev–Trinajstić information content (AvgIpc) is 3.16. The first-order chi connectivity index (χ1) is 13.9. The van der Waals surface area contributed by atoms with Gasteiger partial charge in [-0.25, -0.2) is 18.4 Å². The number of benzene rings is 2. The van der Waals surface area contributed by atoms with Crippen LogP contribution >= 0.6 is 11.6 Å². The quantitative estimate of drug-likeness (QED) is 0.568. The summed E-state index contributed by atoms with van der Waals surface area (Å²) in [7, 11) is 0. The molecule has 5 nitrogen and oxygen atoms in total. The van der Waals surface area contributed by atoms with Gasteiger partial charge in [0.15, 0.2) is 0 Å². The van der Waals surface area contributed by atoms with Gasteiger partial charge in [0, 0.05) is 29.7 Å². The molecule has 0 radical (unpaired) electrons. The molecule has 1 atom stereocenters. The van der Waals surface area contributed by atoms with Crippen LogP contribution in [-0.4, -0.2) is 37.9 Å². The van der Waals surface area contributed by atoms with Crippen LogP contribution in [0, 0.1) is 11.6 Å². The van der Waals surface area contributed by atoms with Gasteiger partial charge in [-0.2, -0.15) is 5.10 Å². The van der Waals surface area contributed by atoms with Crippen LogP contribution in [0.2, 0.25) is 5.02 Å². The van der Waals surface area contributed by atoms with Gasteiger partial charge in [-0.05, 0) is 30.7 Å². The van der Waals surface area contributed by atoms with Crippen molar-refractivity contribution in [2.45, 2.75) is 32.0 Å². The smallest absolute Gasteiger partial charge is 0.137 e. The lowest BCUT2D eigenvalue weighted by Crippen LogP contribution is -2.44. The van der Waals surface area contributed by atoms with Crippen molar-refractivity contribution in [3.05, 3.63) is 82.9 Å². The summed E-state index contributed by atoms with van der Waals surface area (Å²) in [6, 6.07) is 10.7. The maximum Gasteiger partial charge on any atom is 0.137 e. The van der Waals surface area contributed by atoms with Crippen LogP contribution in [-0.2, 0) is 18.7 Å². The van der Waals surface area contributed by atoms with E-state index in [9.17, 15) is 13.9 Å². The molecule has 8 heteroatoms. The summed E-state index contributed by atoms with van der Waals surface area (Å²) in [5, 5.41) is 16.2. The van der Waals surface area contributed by atoms with Gasteiger partial charge in [-0.15, -0.1) is 0 Å². The van der Waals surface area contributed by atoms with Gasteiger partial charge in [-0.1, -0.05) is 42.8 Å². The largest absolute Gasteiger partial charge is 0.382 e. The molecule has 0 aliphatic rings. The third kappa shape index (κ3) is 5.38. The van der Waals surface area contributed by atoms with Crippen molar-refractivity contribution in [2.75, 3.05) is 13.1 Å². The predicted octanol–water partition coefficient (Wildman–Crippen LogP) is 4.01. The number of halogens is 3. The minimum absolute atomic E-state index is 0.00895. The van der Waals surface area contributed by atoms with Crippen molar-refractivity contribution in [1.29, 1.82) is 0 Å². The van der Waals surface area contributed by atoms with Crippen LogP contribution in [0.1, 0.15) is 24.5 Å². The van der Waals surface area contributed by atoms with Gasteiger partial charge in [-0.3, -0.25) is 4.90 Å². The van der Waals surface area contributed by atoms with Gasteiger partial charge in [0.1, 0.15) is 29.9 Å². The number of hydrogen-bond donors (Lipinski definition) is 1. The summed E-state index contributed by atoms with van der Waals surface area (Å²) < 4.78 is 29.5. The fourth-order valence-electron chi connectivity index (χ4n) is 3.44. The SMILES string of the molecule is CCCN(Cc1ccccc1Cl)CC(O)(Cn1cncn1)c1ccc(F)cc1F. The van der Waals surface area contributed by atoms with Crippen LogP contribution in [0.5, 0.6) is 0 Å². The lowest BCUT2D eigenvalue weighted by Gasteiger charge is -2.35. The molecule has 0 fully saturated rings. The third-order valence-corrected chi connectivity index (χ3v) is 5.07. The molecule has 3 aromatic rings. The molecule has 154 valence electrons. The Balaban J connectivity index is 1.94. The number of aliphatic hydroxyl groups is 1. The Bertz CT molecular complexity index is 938. The van der Waals surface area contributed by atoms with E-state index in [0.29, 0.717) is 18.1 Å². The van der Waals surface area contributed by atoms with Gasteiger partial charge < -0.3 is 5.11 Å². The van der Waals surface area contributed by atoms with Gasteiger partial charge >= 0.3 is 0 Å². The van der Waals surface area contributed by atoms with E-state index < -0.39 is 17.2 Å². The summed E-state index contributed by atoms with van der Waals surface area (Å²) in [6.07, 6.45) is 3.62. The summed E-state index contributed by atoms with van der Waals surface area (Å²) in [6.45, 7) is 3.24. The van der Waals surface area contributed by atoms with E-state index in [2.05, 4.69) is 10.1 Å². The highest BCUT2D eigenvalue weighted by molar-refractivity contribution is 6.31. The van der Waals surface area contributed by atoms with E-state index in [1.807, 2.05) is 36.1 Å². The minimum atomic E-state index is -1.65. The molecule has 1 aromatic heterocycles. The molecule has 0 saturated heterocycles. The number of aromatic nitrogens is 3. The van der Waals surface area contributed by atoms with Gasteiger partial charge in [0.2, 0.25) is 0 Å². The molecule has 2 aromatic carbocycles. The summed E-state index contributed by atoms with van der Waals surface area (Å²) >= 11 is 6.30. The van der Waals surface area contributed by atoms with Gasteiger partial charge in [0.25, 0.3) is 0 Å². The Morgan fingerprint density at radius 3 is 2.66 bits per heavy atom. The highest BCUT2D eigenvalue weighted by atomic mass is 35.5. The van der Waals surface area contributed by atoms with E-state index in [4.69, 9.17) is 11.6 Å². The number of rotatable bonds is 9. The Hall–Kier alpha value is -2.35. The van der Waals surface area contributed by atoms with E-state index in [1.165, 1.54) is 23.4 Å². The number of hydrogen-bond acceptors (Lipinski definition) is 4. The summed E-state index contributed by atoms with van der Waals surface area (Å²) in [4.78, 5) is 5.89. The minimum Gasteiger partial charge on any atom is -0.382 e. The van der Waals surface area contributed by atoms with Crippen molar-refractivity contribution >= 4 is 11.6 Å². The maximum absolute atomic E-state index is 14.6. The standard InChI is InChI=1S/C21H23ClF2N4O/c1-2-9-27(11-16-5-3-4-6-19(16)22)12-21(29,13-28-15-25-14-26-28)18-8-7-17(23)10-20(18)24/h3-8,10,14-15,29H,2,9,11-13H2,1H3. The fourth-order valence-corrected chi connectivity index (χ4v) is 3.63. The number of nitrogens with zero attached hydrogens (tertiary/aromatic N) is 4. The second-order valence-corrected chi connectivity index (χ2v) is 7.46. The topological polar surface area (TPSA) is 54.2 Å². The van der Waals surface area contributed by atoms with E-state index in [1.54, 1.807) is 0 Å². The van der Waals surface area contributed by atoms with E-state index >= 15 is 0 Å². The molecular formula is C21H23ClF2N4O. The highest BCUT2D eigenvalue weighted by Crippen LogP contribution is 2.29. The summed E-state index contributed by atoms with van der Waals surface area (Å²) in [5.41, 5.74) is -0.734. The lowest BCUT2D eigenvalue weighted by molar-refractivity contribution is -0.0237. The molecule has 0 saturated carbocycles. The first kappa shape index (κ1) is 21.4. The summed E-state index contributed by atoms with van der Waals surface area (Å²) in [5.74, 6) is -1.50. The molecule has 3 rings (SSSR count). The van der Waals surface area contributed by atoms with Crippen LogP contribution in [0.15, 0.2) is 55.1 Å². The molecule has 29 heavy (non-hydrogen) atoms. The molecular weight excluding hydrogens is 398 g/mol. The molecule has 0 amide bonds. The van der Waals surface area contributed by atoms with E-state index in [0.717, 1.165) is 24.1 Å². The monoisotopic (exact) mass is 420 g/mol. The van der Waals surface area contributed by atoms with Crippen LogP contribution < -0.4 is 0 Å². The van der Waals surface area contributed by atoms with Gasteiger partial charge in [0.05, 0.1) is 6.54 Å². The van der Waals surface area contributed by atoms with Crippen LogP contribution in [0.25, 0.3) is 0 Å². The zero-order valence-electron chi connectivity index (χ0n) is 16.1. The molecule has 0 aliphatic carbocycles. The molecule has 1 unspecified atom stereocenters. The van der Waals surface area contributed by atoms with Crippen LogP contribution in [0.3, 0.4) is 0 Å². The Morgan fingerprint density at radius 1 is 1.21 bits per heavy atom. The van der Waals surface area contributed by atoms with Crippen molar-refractivity contribution in [3.8, 4) is 0 Å². The zero-order chi connectivity index (χ0) is 20.9. The first-order valence-electron chi connectivity index (χ1n) is 9.37. The highest BCUT2D eigenvalue weighted by Gasteiger charge is 2.35. The maximum atomic E-state index is 14.6. The van der Waals surface area contributed by atoms with E-state index in [-0.39, 0.29) is 18.7 Å². The Kier molecular flexibility index (Phi) is 6.95. The zero-order valence-corrected chi connectivity index (χ0v) is 16.9. The molecule has 0 spiro atoms. The second kappa shape index (κ2) is 9.43. The Morgan fingerprint density at radius 2 is 2.00 bits per heavy atom. The molecule has 0 bridgehead atoms. The fraction of sp³-hybridized carbons (Fsp3) is 0.333. The normalized spacial score (nSPS) is 13.6. The second-order valence-electron chi connectivity index (χ2n) is 7.05. The predicted molar refractivity (Wildman–Crippen MR) is 107 cm³/mol.